The molecule has 0 radical (unpaired) electrons. The van der Waals surface area contributed by atoms with Crippen LogP contribution in [-0.2, 0) is 0 Å². The SMILES string of the molecule is c1ccc(-c2nc(-c3ccc4c(c3)c3ccccc3c3ccc5c6ccccc6oc5c34)nc3ccc4ccccc4c23)cc1. The maximum Gasteiger partial charge on any atom is 0.160 e. The van der Waals surface area contributed by atoms with E-state index in [9.17, 15) is 0 Å². The predicted octanol–water partition coefficient (Wildman–Crippen LogP) is 11.5. The Morgan fingerprint density at radius 2 is 1.07 bits per heavy atom. The average Bonchev–Trinajstić information content (AvgIpc) is 3.50. The summed E-state index contributed by atoms with van der Waals surface area (Å²) >= 11 is 0. The number of aromatic nitrogens is 2. The van der Waals surface area contributed by atoms with Gasteiger partial charge in [0.15, 0.2) is 5.82 Å². The lowest BCUT2D eigenvalue weighted by atomic mass is 9.92. The molecule has 0 atom stereocenters. The topological polar surface area (TPSA) is 38.9 Å². The van der Waals surface area contributed by atoms with Gasteiger partial charge in [-0.15, -0.1) is 0 Å². The zero-order valence-corrected chi connectivity index (χ0v) is 24.2. The van der Waals surface area contributed by atoms with Gasteiger partial charge in [0, 0.05) is 32.7 Å². The molecule has 0 aliphatic heterocycles. The van der Waals surface area contributed by atoms with Crippen molar-refractivity contribution in [1.82, 2.24) is 9.97 Å². The van der Waals surface area contributed by atoms with Gasteiger partial charge in [-0.05, 0) is 62.0 Å². The van der Waals surface area contributed by atoms with Gasteiger partial charge in [-0.2, -0.15) is 0 Å². The van der Waals surface area contributed by atoms with E-state index in [1.807, 2.05) is 18.2 Å². The monoisotopic (exact) mass is 572 g/mol. The molecule has 3 nitrogen and oxygen atoms in total. The average molecular weight is 573 g/mol. The number of rotatable bonds is 2. The maximum absolute atomic E-state index is 6.56. The number of para-hydroxylation sites is 1. The van der Waals surface area contributed by atoms with Gasteiger partial charge in [-0.25, -0.2) is 9.97 Å². The van der Waals surface area contributed by atoms with Crippen LogP contribution in [0.25, 0.3) is 98.6 Å². The van der Waals surface area contributed by atoms with Crippen molar-refractivity contribution >= 4 is 75.9 Å². The molecule has 3 heteroatoms. The van der Waals surface area contributed by atoms with Crippen LogP contribution in [0.1, 0.15) is 0 Å². The highest BCUT2D eigenvalue weighted by Crippen LogP contribution is 2.43. The number of nitrogens with zero attached hydrogens (tertiary/aromatic N) is 2. The van der Waals surface area contributed by atoms with E-state index in [0.717, 1.165) is 71.2 Å². The molecular formula is C42H24N2O. The molecule has 8 aromatic carbocycles. The molecule has 0 N–H and O–H groups in total. The minimum absolute atomic E-state index is 0.713. The molecule has 45 heavy (non-hydrogen) atoms. The molecule has 0 spiro atoms. The molecule has 0 unspecified atom stereocenters. The van der Waals surface area contributed by atoms with Crippen LogP contribution in [0.2, 0.25) is 0 Å². The third-order valence-electron chi connectivity index (χ3n) is 9.24. The Balaban J connectivity index is 1.30. The quantitative estimate of drug-likeness (QED) is 0.193. The lowest BCUT2D eigenvalue weighted by molar-refractivity contribution is 0.673. The Morgan fingerprint density at radius 3 is 1.93 bits per heavy atom. The van der Waals surface area contributed by atoms with Crippen molar-refractivity contribution in [3.63, 3.8) is 0 Å². The Bertz CT molecular complexity index is 2810. The summed E-state index contributed by atoms with van der Waals surface area (Å²) in [5.74, 6) is 0.713. The molecular weight excluding hydrogens is 548 g/mol. The fraction of sp³-hybridized carbons (Fsp3) is 0. The summed E-state index contributed by atoms with van der Waals surface area (Å²) in [4.78, 5) is 10.5. The molecule has 0 bridgehead atoms. The van der Waals surface area contributed by atoms with Crippen molar-refractivity contribution in [3.8, 4) is 22.6 Å². The van der Waals surface area contributed by atoms with E-state index in [4.69, 9.17) is 14.4 Å². The first-order valence-corrected chi connectivity index (χ1v) is 15.3. The molecule has 2 aromatic heterocycles. The minimum Gasteiger partial charge on any atom is -0.455 e. The van der Waals surface area contributed by atoms with Gasteiger partial charge < -0.3 is 4.42 Å². The zero-order chi connectivity index (χ0) is 29.5. The molecule has 10 rings (SSSR count). The largest absolute Gasteiger partial charge is 0.455 e. The third-order valence-corrected chi connectivity index (χ3v) is 9.24. The van der Waals surface area contributed by atoms with Crippen LogP contribution in [-0.4, -0.2) is 9.97 Å². The minimum atomic E-state index is 0.713. The molecule has 0 aliphatic carbocycles. The van der Waals surface area contributed by atoms with Crippen molar-refractivity contribution in [3.05, 3.63) is 146 Å². The van der Waals surface area contributed by atoms with Crippen LogP contribution in [0.3, 0.4) is 0 Å². The fourth-order valence-electron chi connectivity index (χ4n) is 7.19. The van der Waals surface area contributed by atoms with E-state index >= 15 is 0 Å². The molecule has 2 heterocycles. The molecule has 208 valence electrons. The van der Waals surface area contributed by atoms with Gasteiger partial charge in [0.25, 0.3) is 0 Å². The summed E-state index contributed by atoms with van der Waals surface area (Å²) in [5.41, 5.74) is 5.77. The summed E-state index contributed by atoms with van der Waals surface area (Å²) in [6.45, 7) is 0. The van der Waals surface area contributed by atoms with Crippen LogP contribution in [0.4, 0.5) is 0 Å². The maximum atomic E-state index is 6.56. The number of hydrogen-bond donors (Lipinski definition) is 0. The summed E-state index contributed by atoms with van der Waals surface area (Å²) in [7, 11) is 0. The zero-order valence-electron chi connectivity index (χ0n) is 24.2. The summed E-state index contributed by atoms with van der Waals surface area (Å²) in [6, 6.07) is 51.2. The number of hydrogen-bond acceptors (Lipinski definition) is 3. The fourth-order valence-corrected chi connectivity index (χ4v) is 7.19. The van der Waals surface area contributed by atoms with Crippen LogP contribution in [0.15, 0.2) is 150 Å². The number of fused-ring (bicyclic) bond motifs is 13. The van der Waals surface area contributed by atoms with E-state index < -0.39 is 0 Å². The summed E-state index contributed by atoms with van der Waals surface area (Å²) < 4.78 is 6.56. The summed E-state index contributed by atoms with van der Waals surface area (Å²) in [6.07, 6.45) is 0. The van der Waals surface area contributed by atoms with Crippen LogP contribution < -0.4 is 0 Å². The van der Waals surface area contributed by atoms with Crippen LogP contribution in [0, 0.1) is 0 Å². The first-order chi connectivity index (χ1) is 22.3. The highest BCUT2D eigenvalue weighted by atomic mass is 16.3. The van der Waals surface area contributed by atoms with E-state index in [2.05, 4.69) is 127 Å². The Morgan fingerprint density at radius 1 is 0.400 bits per heavy atom. The van der Waals surface area contributed by atoms with Gasteiger partial charge in [0.2, 0.25) is 0 Å². The number of benzene rings is 8. The Hall–Kier alpha value is -6.06. The second-order valence-electron chi connectivity index (χ2n) is 11.7. The van der Waals surface area contributed by atoms with Gasteiger partial charge in [-0.1, -0.05) is 121 Å². The smallest absolute Gasteiger partial charge is 0.160 e. The van der Waals surface area contributed by atoms with E-state index in [1.165, 1.54) is 21.5 Å². The van der Waals surface area contributed by atoms with Crippen molar-refractivity contribution in [1.29, 1.82) is 0 Å². The second kappa shape index (κ2) is 9.22. The van der Waals surface area contributed by atoms with Gasteiger partial charge in [0.1, 0.15) is 11.2 Å². The molecule has 0 amide bonds. The highest BCUT2D eigenvalue weighted by molar-refractivity contribution is 6.32. The second-order valence-corrected chi connectivity index (χ2v) is 11.7. The lowest BCUT2D eigenvalue weighted by Gasteiger charge is -2.14. The van der Waals surface area contributed by atoms with Gasteiger partial charge in [-0.3, -0.25) is 0 Å². The molecule has 10 aromatic rings. The van der Waals surface area contributed by atoms with Gasteiger partial charge in [0.05, 0.1) is 11.2 Å². The van der Waals surface area contributed by atoms with Crippen molar-refractivity contribution in [2.45, 2.75) is 0 Å². The molecule has 0 fully saturated rings. The molecule has 0 saturated carbocycles. The first kappa shape index (κ1) is 24.4. The van der Waals surface area contributed by atoms with Crippen molar-refractivity contribution in [2.75, 3.05) is 0 Å². The molecule has 0 aliphatic rings. The lowest BCUT2D eigenvalue weighted by Crippen LogP contribution is -1.96. The van der Waals surface area contributed by atoms with Gasteiger partial charge >= 0.3 is 0 Å². The Labute approximate surface area is 258 Å². The van der Waals surface area contributed by atoms with Crippen LogP contribution in [0.5, 0.6) is 0 Å². The third kappa shape index (κ3) is 3.52. The van der Waals surface area contributed by atoms with E-state index in [-0.39, 0.29) is 0 Å². The van der Waals surface area contributed by atoms with E-state index in [1.54, 1.807) is 0 Å². The van der Waals surface area contributed by atoms with Crippen molar-refractivity contribution < 1.29 is 4.42 Å². The standard InChI is InChI=1S/C42H24N2O/c1-2-11-26(12-3-1)40-39-28-13-5-4-10-25(28)19-23-36(39)43-42(44-40)27-18-20-33-35(24-27)30-15-7-6-14-29(30)32-21-22-34-31-16-8-9-17-37(31)45-41(34)38(32)33/h1-24H. The van der Waals surface area contributed by atoms with Crippen molar-refractivity contribution in [2.24, 2.45) is 0 Å². The predicted molar refractivity (Wildman–Crippen MR) is 188 cm³/mol. The highest BCUT2D eigenvalue weighted by Gasteiger charge is 2.18. The van der Waals surface area contributed by atoms with E-state index in [0.29, 0.717) is 5.82 Å². The Kier molecular flexibility index (Phi) is 5.00. The normalized spacial score (nSPS) is 12.0. The van der Waals surface area contributed by atoms with Crippen LogP contribution >= 0.6 is 0 Å². The molecule has 0 saturated heterocycles. The first-order valence-electron chi connectivity index (χ1n) is 15.3. The number of furan rings is 1. The summed E-state index contributed by atoms with van der Waals surface area (Å²) in [5, 5.41) is 12.7.